The highest BCUT2D eigenvalue weighted by molar-refractivity contribution is 5.86. The number of hydrogen-bond acceptors (Lipinski definition) is 5. The molecule has 1 aliphatic rings. The second-order valence-electron chi connectivity index (χ2n) is 5.43. The molecule has 0 aliphatic carbocycles. The average Bonchev–Trinajstić information content (AvgIpc) is 3.12. The van der Waals surface area contributed by atoms with E-state index in [0.29, 0.717) is 24.6 Å². The van der Waals surface area contributed by atoms with E-state index in [-0.39, 0.29) is 18.4 Å². The lowest BCUT2D eigenvalue weighted by Crippen LogP contribution is -2.50. The minimum absolute atomic E-state index is 0.134. The fourth-order valence-electron chi connectivity index (χ4n) is 2.58. The summed E-state index contributed by atoms with van der Waals surface area (Å²) in [7, 11) is 1.56. The smallest absolute Gasteiger partial charge is 0.262 e. The first-order valence-corrected chi connectivity index (χ1v) is 7.68. The highest BCUT2D eigenvalue weighted by atomic mass is 16.5. The van der Waals surface area contributed by atoms with Gasteiger partial charge in [0.1, 0.15) is 11.5 Å². The molecule has 1 atom stereocenters. The predicted octanol–water partition coefficient (Wildman–Crippen LogP) is 0.909. The van der Waals surface area contributed by atoms with Gasteiger partial charge in [0.2, 0.25) is 5.91 Å². The number of fused-ring (bicyclic) bond motifs is 1. The van der Waals surface area contributed by atoms with Crippen LogP contribution in [-0.4, -0.2) is 38.1 Å². The van der Waals surface area contributed by atoms with Crippen LogP contribution in [0.25, 0.3) is 0 Å². The summed E-state index contributed by atoms with van der Waals surface area (Å²) in [5.74, 6) is 0.911. The zero-order chi connectivity index (χ0) is 16.9. The summed E-state index contributed by atoms with van der Waals surface area (Å²) in [4.78, 5) is 26.0. The summed E-state index contributed by atoms with van der Waals surface area (Å²) in [5.41, 5.74) is 0.797. The molecule has 24 heavy (non-hydrogen) atoms. The molecule has 0 saturated carbocycles. The van der Waals surface area contributed by atoms with E-state index in [9.17, 15) is 9.59 Å². The molecule has 0 unspecified atom stereocenters. The van der Waals surface area contributed by atoms with Gasteiger partial charge in [-0.1, -0.05) is 12.1 Å². The number of likely N-dealkylation sites (N-methyl/N-ethyl adjacent to an activating group) is 1. The van der Waals surface area contributed by atoms with Gasteiger partial charge in [-0.15, -0.1) is 0 Å². The number of hydrogen-bond donors (Lipinski definition) is 2. The van der Waals surface area contributed by atoms with Gasteiger partial charge in [-0.2, -0.15) is 0 Å². The van der Waals surface area contributed by atoms with Crippen molar-refractivity contribution in [2.24, 2.45) is 0 Å². The first-order chi connectivity index (χ1) is 11.7. The van der Waals surface area contributed by atoms with Gasteiger partial charge in [0.25, 0.3) is 5.91 Å². The number of nitrogens with one attached hydrogen (secondary N) is 2. The second kappa shape index (κ2) is 7.08. The SMILES string of the molecule is CNC(=O)[C@H]1CN(CC(=O)NCc2ccco2)c2ccccc2O1. The van der Waals surface area contributed by atoms with Gasteiger partial charge in [-0.25, -0.2) is 0 Å². The molecule has 0 radical (unpaired) electrons. The van der Waals surface area contributed by atoms with E-state index < -0.39 is 6.10 Å². The molecule has 0 bridgehead atoms. The number of para-hydroxylation sites is 2. The summed E-state index contributed by atoms with van der Waals surface area (Å²) in [6.07, 6.45) is 0.913. The minimum Gasteiger partial charge on any atom is -0.477 e. The van der Waals surface area contributed by atoms with E-state index in [4.69, 9.17) is 9.15 Å². The largest absolute Gasteiger partial charge is 0.477 e. The third-order valence-electron chi connectivity index (χ3n) is 3.77. The topological polar surface area (TPSA) is 83.8 Å². The van der Waals surface area contributed by atoms with Crippen molar-refractivity contribution < 1.29 is 18.7 Å². The van der Waals surface area contributed by atoms with Gasteiger partial charge in [0, 0.05) is 7.05 Å². The van der Waals surface area contributed by atoms with Crippen LogP contribution in [0.15, 0.2) is 47.1 Å². The van der Waals surface area contributed by atoms with Crippen molar-refractivity contribution in [1.82, 2.24) is 10.6 Å². The number of rotatable bonds is 5. The summed E-state index contributed by atoms with van der Waals surface area (Å²) in [5, 5.41) is 5.39. The van der Waals surface area contributed by atoms with E-state index in [2.05, 4.69) is 10.6 Å². The first kappa shape index (κ1) is 15.9. The van der Waals surface area contributed by atoms with E-state index in [1.165, 1.54) is 0 Å². The Labute approximate surface area is 139 Å². The van der Waals surface area contributed by atoms with Crippen molar-refractivity contribution in [3.05, 3.63) is 48.4 Å². The van der Waals surface area contributed by atoms with Gasteiger partial charge in [-0.05, 0) is 24.3 Å². The number of furan rings is 1. The van der Waals surface area contributed by atoms with Crippen molar-refractivity contribution in [2.75, 3.05) is 25.0 Å². The van der Waals surface area contributed by atoms with Gasteiger partial charge < -0.3 is 24.7 Å². The lowest BCUT2D eigenvalue weighted by Gasteiger charge is -2.34. The molecule has 1 aromatic carbocycles. The van der Waals surface area contributed by atoms with Crippen LogP contribution in [0, 0.1) is 0 Å². The Morgan fingerprint density at radius 2 is 2.08 bits per heavy atom. The maximum atomic E-state index is 12.2. The maximum absolute atomic E-state index is 12.2. The molecule has 1 aromatic heterocycles. The number of amides is 2. The summed E-state index contributed by atoms with van der Waals surface area (Å²) in [6.45, 7) is 0.774. The number of benzene rings is 1. The van der Waals surface area contributed by atoms with Crippen LogP contribution in [-0.2, 0) is 16.1 Å². The number of carbonyl (C=O) groups excluding carboxylic acids is 2. The predicted molar refractivity (Wildman–Crippen MR) is 87.7 cm³/mol. The Morgan fingerprint density at radius 1 is 1.25 bits per heavy atom. The third-order valence-corrected chi connectivity index (χ3v) is 3.77. The van der Waals surface area contributed by atoms with Crippen LogP contribution in [0.2, 0.25) is 0 Å². The maximum Gasteiger partial charge on any atom is 0.262 e. The molecule has 2 aromatic rings. The van der Waals surface area contributed by atoms with Crippen LogP contribution in [0.5, 0.6) is 5.75 Å². The Hall–Kier alpha value is -2.96. The monoisotopic (exact) mass is 329 g/mol. The van der Waals surface area contributed by atoms with Gasteiger partial charge >= 0.3 is 0 Å². The van der Waals surface area contributed by atoms with Crippen LogP contribution in [0.4, 0.5) is 5.69 Å². The summed E-state index contributed by atoms with van der Waals surface area (Å²) < 4.78 is 10.9. The number of nitrogens with zero attached hydrogens (tertiary/aromatic N) is 1. The molecule has 0 spiro atoms. The Bertz CT molecular complexity index is 714. The van der Waals surface area contributed by atoms with Crippen molar-refractivity contribution in [3.8, 4) is 5.75 Å². The van der Waals surface area contributed by atoms with Crippen molar-refractivity contribution in [2.45, 2.75) is 12.6 Å². The van der Waals surface area contributed by atoms with E-state index in [0.717, 1.165) is 5.69 Å². The molecule has 126 valence electrons. The fourth-order valence-corrected chi connectivity index (χ4v) is 2.58. The number of anilines is 1. The lowest BCUT2D eigenvalue weighted by atomic mass is 10.1. The van der Waals surface area contributed by atoms with Gasteiger partial charge in [-0.3, -0.25) is 9.59 Å². The fraction of sp³-hybridized carbons (Fsp3) is 0.294. The van der Waals surface area contributed by atoms with Crippen molar-refractivity contribution in [1.29, 1.82) is 0 Å². The quantitative estimate of drug-likeness (QED) is 0.852. The third kappa shape index (κ3) is 3.51. The van der Waals surface area contributed by atoms with E-state index >= 15 is 0 Å². The molecule has 3 rings (SSSR count). The van der Waals surface area contributed by atoms with Crippen LogP contribution < -0.4 is 20.3 Å². The van der Waals surface area contributed by atoms with Crippen LogP contribution in [0.1, 0.15) is 5.76 Å². The molecule has 2 amide bonds. The summed E-state index contributed by atoms with van der Waals surface area (Å²) >= 11 is 0. The first-order valence-electron chi connectivity index (χ1n) is 7.68. The minimum atomic E-state index is -0.650. The van der Waals surface area contributed by atoms with Crippen molar-refractivity contribution >= 4 is 17.5 Å². The molecular formula is C17H19N3O4. The zero-order valence-electron chi connectivity index (χ0n) is 13.3. The lowest BCUT2D eigenvalue weighted by molar-refractivity contribution is -0.127. The molecule has 2 heterocycles. The van der Waals surface area contributed by atoms with Crippen molar-refractivity contribution in [3.63, 3.8) is 0 Å². The molecule has 0 saturated heterocycles. The molecular weight excluding hydrogens is 310 g/mol. The van der Waals surface area contributed by atoms with E-state index in [1.54, 1.807) is 31.5 Å². The molecule has 2 N–H and O–H groups in total. The Kier molecular flexibility index (Phi) is 4.69. The van der Waals surface area contributed by atoms with Gasteiger partial charge in [0.15, 0.2) is 6.10 Å². The molecule has 7 nitrogen and oxygen atoms in total. The zero-order valence-corrected chi connectivity index (χ0v) is 13.3. The standard InChI is InChI=1S/C17H19N3O4/c1-18-17(22)15-10-20(13-6-2-3-7-14(13)24-15)11-16(21)19-9-12-5-4-8-23-12/h2-8,15H,9-11H2,1H3,(H,18,22)(H,19,21)/t15-/m1/s1. The number of carbonyl (C=O) groups is 2. The average molecular weight is 329 g/mol. The van der Waals surface area contributed by atoms with Crippen LogP contribution in [0.3, 0.4) is 0 Å². The highest BCUT2D eigenvalue weighted by Crippen LogP contribution is 2.32. The normalized spacial score (nSPS) is 16.0. The van der Waals surface area contributed by atoms with Crippen LogP contribution >= 0.6 is 0 Å². The second-order valence-corrected chi connectivity index (χ2v) is 5.43. The Balaban J connectivity index is 1.68. The highest BCUT2D eigenvalue weighted by Gasteiger charge is 2.30. The molecule has 7 heteroatoms. The Morgan fingerprint density at radius 3 is 2.83 bits per heavy atom. The summed E-state index contributed by atoms with van der Waals surface area (Å²) in [6, 6.07) is 10.9. The molecule has 0 fully saturated rings. The van der Waals surface area contributed by atoms with Gasteiger partial charge in [0.05, 0.1) is 31.6 Å². The number of ether oxygens (including phenoxy) is 1. The van der Waals surface area contributed by atoms with E-state index in [1.807, 2.05) is 23.1 Å². The molecule has 1 aliphatic heterocycles.